The number of rotatable bonds is 4. The lowest BCUT2D eigenvalue weighted by Gasteiger charge is -2.23. The monoisotopic (exact) mass is 273 g/mol. The number of anilines is 1. The first-order valence-corrected chi connectivity index (χ1v) is 5.92. The van der Waals surface area contributed by atoms with Crippen LogP contribution in [0.25, 0.3) is 0 Å². The van der Waals surface area contributed by atoms with Gasteiger partial charge in [-0.2, -0.15) is 13.2 Å². The summed E-state index contributed by atoms with van der Waals surface area (Å²) in [5, 5.41) is 2.78. The predicted octanol–water partition coefficient (Wildman–Crippen LogP) is 2.29. The van der Waals surface area contributed by atoms with Crippen molar-refractivity contribution in [2.24, 2.45) is 0 Å². The molecule has 104 valence electrons. The number of carbonyl (C=O) groups is 1. The quantitative estimate of drug-likeness (QED) is 0.915. The van der Waals surface area contributed by atoms with Crippen molar-refractivity contribution in [1.82, 2.24) is 9.88 Å². The standard InChI is InChI=1S/C12H14F3N3O/c1-16-10-5-2-8(6-17-10)11(19)18(9-3-4-9)7-12(13,14)15/h2,5-6,9H,3-4,7H2,1H3,(H,16,17). The Bertz CT molecular complexity index is 454. The van der Waals surface area contributed by atoms with Crippen molar-refractivity contribution in [1.29, 1.82) is 0 Å². The number of aromatic nitrogens is 1. The van der Waals surface area contributed by atoms with Gasteiger partial charge in [0.2, 0.25) is 0 Å². The van der Waals surface area contributed by atoms with E-state index in [9.17, 15) is 18.0 Å². The molecule has 4 nitrogen and oxygen atoms in total. The summed E-state index contributed by atoms with van der Waals surface area (Å²) in [7, 11) is 1.67. The van der Waals surface area contributed by atoms with Gasteiger partial charge in [0.1, 0.15) is 12.4 Å². The molecule has 1 aliphatic rings. The maximum Gasteiger partial charge on any atom is 0.406 e. The molecule has 1 N–H and O–H groups in total. The zero-order valence-corrected chi connectivity index (χ0v) is 10.4. The number of halogens is 3. The molecule has 0 aliphatic heterocycles. The number of nitrogens with zero attached hydrogens (tertiary/aromatic N) is 2. The van der Waals surface area contributed by atoms with Crippen molar-refractivity contribution < 1.29 is 18.0 Å². The topological polar surface area (TPSA) is 45.2 Å². The Labute approximate surface area is 108 Å². The fraction of sp³-hybridized carbons (Fsp3) is 0.500. The van der Waals surface area contributed by atoms with E-state index in [1.165, 1.54) is 12.3 Å². The Morgan fingerprint density at radius 2 is 2.16 bits per heavy atom. The normalized spacial score (nSPS) is 15.2. The molecule has 19 heavy (non-hydrogen) atoms. The number of hydrogen-bond acceptors (Lipinski definition) is 3. The van der Waals surface area contributed by atoms with E-state index in [1.807, 2.05) is 0 Å². The minimum atomic E-state index is -4.38. The number of amides is 1. The molecule has 0 atom stereocenters. The van der Waals surface area contributed by atoms with Crippen molar-refractivity contribution in [3.8, 4) is 0 Å². The number of nitrogens with one attached hydrogen (secondary N) is 1. The first kappa shape index (κ1) is 13.6. The zero-order chi connectivity index (χ0) is 14.0. The molecule has 1 saturated carbocycles. The van der Waals surface area contributed by atoms with Gasteiger partial charge in [-0.1, -0.05) is 0 Å². The van der Waals surface area contributed by atoms with E-state index in [1.54, 1.807) is 13.1 Å². The Morgan fingerprint density at radius 1 is 1.47 bits per heavy atom. The van der Waals surface area contributed by atoms with Gasteiger partial charge in [0.25, 0.3) is 5.91 Å². The Kier molecular flexibility index (Phi) is 3.64. The number of alkyl halides is 3. The summed E-state index contributed by atoms with van der Waals surface area (Å²) in [5.74, 6) is -0.0553. The third kappa shape index (κ3) is 3.59. The highest BCUT2D eigenvalue weighted by atomic mass is 19.4. The average molecular weight is 273 g/mol. The van der Waals surface area contributed by atoms with Crippen LogP contribution in [0.2, 0.25) is 0 Å². The SMILES string of the molecule is CNc1ccc(C(=O)N(CC(F)(F)F)C2CC2)cn1. The molecular formula is C12H14F3N3O. The van der Waals surface area contributed by atoms with Crippen molar-refractivity contribution in [3.63, 3.8) is 0 Å². The van der Waals surface area contributed by atoms with Crippen LogP contribution >= 0.6 is 0 Å². The van der Waals surface area contributed by atoms with Crippen LogP contribution in [0, 0.1) is 0 Å². The lowest BCUT2D eigenvalue weighted by Crippen LogP contribution is -2.40. The lowest BCUT2D eigenvalue weighted by atomic mass is 10.2. The van der Waals surface area contributed by atoms with Gasteiger partial charge in [0.15, 0.2) is 0 Å². The summed E-state index contributed by atoms with van der Waals surface area (Å²) in [6.07, 6.45) is -1.83. The predicted molar refractivity (Wildman–Crippen MR) is 63.9 cm³/mol. The molecule has 0 bridgehead atoms. The van der Waals surface area contributed by atoms with E-state index in [0.717, 1.165) is 4.90 Å². The van der Waals surface area contributed by atoms with Crippen LogP contribution in [0.1, 0.15) is 23.2 Å². The van der Waals surface area contributed by atoms with E-state index in [2.05, 4.69) is 10.3 Å². The molecule has 7 heteroatoms. The van der Waals surface area contributed by atoms with Crippen molar-refractivity contribution in [2.45, 2.75) is 25.1 Å². The molecule has 0 unspecified atom stereocenters. The van der Waals surface area contributed by atoms with Crippen molar-refractivity contribution in [2.75, 3.05) is 18.9 Å². The van der Waals surface area contributed by atoms with Gasteiger partial charge < -0.3 is 10.2 Å². The zero-order valence-electron chi connectivity index (χ0n) is 10.4. The Hall–Kier alpha value is -1.79. The molecule has 1 aromatic heterocycles. The van der Waals surface area contributed by atoms with Gasteiger partial charge in [-0.15, -0.1) is 0 Å². The lowest BCUT2D eigenvalue weighted by molar-refractivity contribution is -0.141. The van der Waals surface area contributed by atoms with Gasteiger partial charge in [-0.05, 0) is 25.0 Å². The van der Waals surface area contributed by atoms with Gasteiger partial charge in [-0.25, -0.2) is 4.98 Å². The summed E-state index contributed by atoms with van der Waals surface area (Å²) in [6, 6.07) is 2.75. The maximum atomic E-state index is 12.5. The van der Waals surface area contributed by atoms with E-state index in [4.69, 9.17) is 0 Å². The third-order valence-electron chi connectivity index (χ3n) is 2.86. The van der Waals surface area contributed by atoms with E-state index in [0.29, 0.717) is 18.7 Å². The largest absolute Gasteiger partial charge is 0.406 e. The summed E-state index contributed by atoms with van der Waals surface area (Å²) < 4.78 is 37.4. The minimum Gasteiger partial charge on any atom is -0.373 e. The molecule has 1 aromatic rings. The molecule has 1 amide bonds. The number of hydrogen-bond donors (Lipinski definition) is 1. The van der Waals surface area contributed by atoms with Gasteiger partial charge in [0.05, 0.1) is 5.56 Å². The van der Waals surface area contributed by atoms with Gasteiger partial charge >= 0.3 is 6.18 Å². The molecule has 1 fully saturated rings. The molecule has 2 rings (SSSR count). The van der Waals surface area contributed by atoms with Crippen molar-refractivity contribution in [3.05, 3.63) is 23.9 Å². The fourth-order valence-electron chi connectivity index (χ4n) is 1.78. The van der Waals surface area contributed by atoms with Crippen molar-refractivity contribution >= 4 is 11.7 Å². The van der Waals surface area contributed by atoms with Crippen LogP contribution in [0.4, 0.5) is 19.0 Å². The van der Waals surface area contributed by atoms with Crippen LogP contribution in [0.5, 0.6) is 0 Å². The van der Waals surface area contributed by atoms with E-state index in [-0.39, 0.29) is 11.6 Å². The van der Waals surface area contributed by atoms with Crippen LogP contribution in [-0.2, 0) is 0 Å². The second-order valence-corrected chi connectivity index (χ2v) is 4.46. The fourth-order valence-corrected chi connectivity index (χ4v) is 1.78. The average Bonchev–Trinajstić information content (AvgIpc) is 3.18. The summed E-state index contributed by atoms with van der Waals surface area (Å²) in [5.41, 5.74) is 0.176. The third-order valence-corrected chi connectivity index (χ3v) is 2.86. The molecule has 0 aromatic carbocycles. The first-order valence-electron chi connectivity index (χ1n) is 5.92. The Balaban J connectivity index is 2.14. The molecule has 1 heterocycles. The second-order valence-electron chi connectivity index (χ2n) is 4.46. The molecule has 1 aliphatic carbocycles. The minimum absolute atomic E-state index is 0.176. The van der Waals surface area contributed by atoms with Gasteiger partial charge in [0, 0.05) is 19.3 Å². The highest BCUT2D eigenvalue weighted by Gasteiger charge is 2.40. The molecule has 0 radical (unpaired) electrons. The van der Waals surface area contributed by atoms with Crippen LogP contribution in [0.3, 0.4) is 0 Å². The molecule has 0 saturated heterocycles. The van der Waals surface area contributed by atoms with Crippen LogP contribution in [0.15, 0.2) is 18.3 Å². The summed E-state index contributed by atoms with van der Waals surface area (Å²) in [4.78, 5) is 16.9. The van der Waals surface area contributed by atoms with Gasteiger partial charge in [-0.3, -0.25) is 4.79 Å². The highest BCUT2D eigenvalue weighted by molar-refractivity contribution is 5.94. The highest BCUT2D eigenvalue weighted by Crippen LogP contribution is 2.31. The van der Waals surface area contributed by atoms with Crippen LogP contribution in [-0.4, -0.2) is 41.6 Å². The number of carbonyl (C=O) groups excluding carboxylic acids is 1. The molecule has 0 spiro atoms. The first-order chi connectivity index (χ1) is 8.90. The van der Waals surface area contributed by atoms with E-state index < -0.39 is 18.6 Å². The Morgan fingerprint density at radius 3 is 2.58 bits per heavy atom. The summed E-state index contributed by atoms with van der Waals surface area (Å²) in [6.45, 7) is -1.20. The van der Waals surface area contributed by atoms with Crippen LogP contribution < -0.4 is 5.32 Å². The van der Waals surface area contributed by atoms with E-state index >= 15 is 0 Å². The second kappa shape index (κ2) is 5.07. The summed E-state index contributed by atoms with van der Waals surface area (Å²) >= 11 is 0. The maximum absolute atomic E-state index is 12.5. The molecular weight excluding hydrogens is 259 g/mol. The number of pyridine rings is 1. The smallest absolute Gasteiger partial charge is 0.373 e.